The van der Waals surface area contributed by atoms with Crippen molar-refractivity contribution in [3.05, 3.63) is 94.9 Å². The molecule has 0 spiro atoms. The number of carbonyl (C=O) groups excluding carboxylic acids is 2. The maximum atomic E-state index is 13.8. The minimum absolute atomic E-state index is 0.00642. The average Bonchev–Trinajstić information content (AvgIpc) is 3.58. The molecule has 0 saturated carbocycles. The molecule has 9 heteroatoms. The monoisotopic (exact) mass is 512 g/mol. The summed E-state index contributed by atoms with van der Waals surface area (Å²) < 4.78 is 11.9. The van der Waals surface area contributed by atoms with Gasteiger partial charge < -0.3 is 19.4 Å². The van der Waals surface area contributed by atoms with Gasteiger partial charge >= 0.3 is 0 Å². The van der Waals surface area contributed by atoms with Crippen LogP contribution in [0.15, 0.2) is 82.5 Å². The highest BCUT2D eigenvalue weighted by atomic mass is 32.1. The third kappa shape index (κ3) is 3.63. The number of Topliss-reactive ketones (excluding diaryl/α,β-unsaturated/α-hetero) is 1. The molecule has 6 rings (SSSR count). The molecule has 0 bridgehead atoms. The fraction of sp³-hybridized carbons (Fsp3) is 0.107. The lowest BCUT2D eigenvalue weighted by Gasteiger charge is -2.24. The summed E-state index contributed by atoms with van der Waals surface area (Å²) in [5, 5.41) is 22.3. The molecule has 184 valence electrons. The lowest BCUT2D eigenvalue weighted by molar-refractivity contribution is -0.117. The van der Waals surface area contributed by atoms with Crippen LogP contribution in [0.4, 0.5) is 5.13 Å². The highest BCUT2D eigenvalue weighted by Gasteiger charge is 2.46. The Labute approximate surface area is 214 Å². The molecule has 0 fully saturated rings. The molecule has 1 unspecified atom stereocenters. The number of aromatic hydroxyl groups is 1. The van der Waals surface area contributed by atoms with Crippen molar-refractivity contribution in [2.75, 3.05) is 12.0 Å². The van der Waals surface area contributed by atoms with E-state index in [2.05, 4.69) is 4.98 Å². The van der Waals surface area contributed by atoms with Gasteiger partial charge in [0.2, 0.25) is 5.78 Å². The number of hydrogen-bond donors (Lipinski definition) is 2. The number of aliphatic hydroxyl groups excluding tert-OH is 1. The van der Waals surface area contributed by atoms with Gasteiger partial charge in [0.1, 0.15) is 5.58 Å². The zero-order valence-electron chi connectivity index (χ0n) is 19.8. The Morgan fingerprint density at radius 2 is 1.89 bits per heavy atom. The number of carbonyl (C=O) groups is 2. The summed E-state index contributed by atoms with van der Waals surface area (Å²) in [6.45, 7) is 1.96. The summed E-state index contributed by atoms with van der Waals surface area (Å²) in [5.74, 6) is -2.01. The highest BCUT2D eigenvalue weighted by Crippen LogP contribution is 2.46. The van der Waals surface area contributed by atoms with Crippen molar-refractivity contribution >= 4 is 49.3 Å². The first-order valence-electron chi connectivity index (χ1n) is 11.4. The normalized spacial score (nSPS) is 15.8. The van der Waals surface area contributed by atoms with Crippen LogP contribution in [0.5, 0.6) is 11.5 Å². The molecular formula is C28H20N2O6S. The van der Waals surface area contributed by atoms with E-state index in [1.807, 2.05) is 31.2 Å². The quantitative estimate of drug-likeness (QED) is 0.284. The number of aromatic nitrogens is 1. The van der Waals surface area contributed by atoms with Crippen molar-refractivity contribution in [2.45, 2.75) is 13.0 Å². The first-order chi connectivity index (χ1) is 17.9. The fourth-order valence-corrected chi connectivity index (χ4v) is 5.65. The first kappa shape index (κ1) is 22.8. The summed E-state index contributed by atoms with van der Waals surface area (Å²) in [5.41, 5.74) is 2.54. The predicted molar refractivity (Wildman–Crippen MR) is 139 cm³/mol. The summed E-state index contributed by atoms with van der Waals surface area (Å²) in [4.78, 5) is 33.2. The standard InChI is InChI=1S/C28H20N2O6S/c1-14-7-9-17-22(11-14)37-28(29-17)30-24(16-8-10-18(31)20(13-16)35-2)23(26(33)27(30)34)25(32)21-12-15-5-3-4-6-19(15)36-21/h3-13,24,31,33H,1-2H3. The number of ketones is 1. The van der Waals surface area contributed by atoms with Crippen molar-refractivity contribution in [2.24, 2.45) is 0 Å². The second kappa shape index (κ2) is 8.49. The lowest BCUT2D eigenvalue weighted by Crippen LogP contribution is -2.31. The van der Waals surface area contributed by atoms with E-state index < -0.39 is 23.5 Å². The average molecular weight is 513 g/mol. The Bertz CT molecular complexity index is 1730. The van der Waals surface area contributed by atoms with Crippen molar-refractivity contribution in [3.8, 4) is 11.5 Å². The van der Waals surface area contributed by atoms with E-state index in [-0.39, 0.29) is 22.8 Å². The van der Waals surface area contributed by atoms with Gasteiger partial charge in [-0.15, -0.1) is 0 Å². The van der Waals surface area contributed by atoms with E-state index in [1.165, 1.54) is 35.5 Å². The van der Waals surface area contributed by atoms with Crippen LogP contribution in [0.25, 0.3) is 21.2 Å². The summed E-state index contributed by atoms with van der Waals surface area (Å²) in [6.07, 6.45) is 0. The van der Waals surface area contributed by atoms with E-state index in [0.29, 0.717) is 21.8 Å². The molecule has 37 heavy (non-hydrogen) atoms. The molecule has 1 amide bonds. The molecule has 1 aliphatic heterocycles. The molecule has 8 nitrogen and oxygen atoms in total. The van der Waals surface area contributed by atoms with Crippen LogP contribution in [-0.2, 0) is 4.79 Å². The number of benzene rings is 3. The molecule has 1 atom stereocenters. The first-order valence-corrected chi connectivity index (χ1v) is 12.2. The number of phenolic OH excluding ortho intramolecular Hbond substituents is 1. The van der Waals surface area contributed by atoms with Crippen LogP contribution in [0.3, 0.4) is 0 Å². The smallest absolute Gasteiger partial charge is 0.296 e. The van der Waals surface area contributed by atoms with Crippen molar-refractivity contribution < 1.29 is 29.0 Å². The van der Waals surface area contributed by atoms with Gasteiger partial charge in [0.25, 0.3) is 5.91 Å². The Morgan fingerprint density at radius 1 is 1.08 bits per heavy atom. The van der Waals surface area contributed by atoms with E-state index in [9.17, 15) is 19.8 Å². The molecule has 2 N–H and O–H groups in total. The largest absolute Gasteiger partial charge is 0.504 e. The second-order valence-electron chi connectivity index (χ2n) is 8.72. The Balaban J connectivity index is 1.53. The molecule has 0 radical (unpaired) electrons. The van der Waals surface area contributed by atoms with Crippen molar-refractivity contribution in [1.82, 2.24) is 4.98 Å². The van der Waals surface area contributed by atoms with Crippen LogP contribution in [0, 0.1) is 6.92 Å². The van der Waals surface area contributed by atoms with Crippen LogP contribution in [0.2, 0.25) is 0 Å². The molecule has 3 heterocycles. The van der Waals surface area contributed by atoms with Gasteiger partial charge in [0, 0.05) is 5.39 Å². The number of thiazole rings is 1. The molecule has 5 aromatic rings. The molecule has 0 saturated heterocycles. The van der Waals surface area contributed by atoms with Crippen molar-refractivity contribution in [3.63, 3.8) is 0 Å². The number of rotatable bonds is 5. The van der Waals surface area contributed by atoms with Crippen LogP contribution in [0.1, 0.15) is 27.7 Å². The van der Waals surface area contributed by atoms with E-state index >= 15 is 0 Å². The minimum atomic E-state index is -1.04. The van der Waals surface area contributed by atoms with Gasteiger partial charge in [-0.1, -0.05) is 41.7 Å². The molecule has 3 aromatic carbocycles. The molecule has 0 aliphatic carbocycles. The van der Waals surface area contributed by atoms with Crippen LogP contribution < -0.4 is 9.64 Å². The number of methoxy groups -OCH3 is 1. The SMILES string of the molecule is COc1cc(C2C(C(=O)c3cc4ccccc4o3)=C(O)C(=O)N2c2nc3ccc(C)cc3s2)ccc1O. The second-order valence-corrected chi connectivity index (χ2v) is 9.73. The zero-order valence-corrected chi connectivity index (χ0v) is 20.6. The molecular weight excluding hydrogens is 492 g/mol. The summed E-state index contributed by atoms with van der Waals surface area (Å²) in [7, 11) is 1.40. The number of hydrogen-bond acceptors (Lipinski definition) is 8. The van der Waals surface area contributed by atoms with E-state index in [4.69, 9.17) is 9.15 Å². The number of furan rings is 1. The fourth-order valence-electron chi connectivity index (χ4n) is 4.56. The zero-order chi connectivity index (χ0) is 25.8. The van der Waals surface area contributed by atoms with Crippen molar-refractivity contribution in [1.29, 1.82) is 0 Å². The molecule has 2 aromatic heterocycles. The van der Waals surface area contributed by atoms with Gasteiger partial charge in [-0.05, 0) is 54.4 Å². The summed E-state index contributed by atoms with van der Waals surface area (Å²) in [6, 6.07) is 18.0. The van der Waals surface area contributed by atoms with Crippen LogP contribution in [-0.4, -0.2) is 34.0 Å². The minimum Gasteiger partial charge on any atom is -0.504 e. The third-order valence-corrected chi connectivity index (χ3v) is 7.38. The van der Waals surface area contributed by atoms with Gasteiger partial charge in [-0.2, -0.15) is 0 Å². The topological polar surface area (TPSA) is 113 Å². The maximum absolute atomic E-state index is 13.8. The number of para-hydroxylation sites is 1. The number of ether oxygens (including phenoxy) is 1. The highest BCUT2D eigenvalue weighted by molar-refractivity contribution is 7.22. The van der Waals surface area contributed by atoms with Gasteiger partial charge in [-0.25, -0.2) is 4.98 Å². The Morgan fingerprint density at radius 3 is 2.68 bits per heavy atom. The Kier molecular flexibility index (Phi) is 5.24. The van der Waals surface area contributed by atoms with E-state index in [1.54, 1.807) is 30.3 Å². The number of anilines is 1. The van der Waals surface area contributed by atoms with E-state index in [0.717, 1.165) is 15.6 Å². The number of fused-ring (bicyclic) bond motifs is 2. The van der Waals surface area contributed by atoms with Crippen LogP contribution >= 0.6 is 11.3 Å². The number of nitrogens with zero attached hydrogens (tertiary/aromatic N) is 2. The summed E-state index contributed by atoms with van der Waals surface area (Å²) >= 11 is 1.28. The number of aliphatic hydroxyl groups is 1. The molecule has 1 aliphatic rings. The number of phenols is 1. The van der Waals surface area contributed by atoms with Gasteiger partial charge in [-0.3, -0.25) is 14.5 Å². The maximum Gasteiger partial charge on any atom is 0.296 e. The lowest BCUT2D eigenvalue weighted by atomic mass is 9.95. The Hall–Kier alpha value is -4.63. The van der Waals surface area contributed by atoms with Gasteiger partial charge in [0.15, 0.2) is 28.1 Å². The third-order valence-electron chi connectivity index (χ3n) is 6.36. The van der Waals surface area contributed by atoms with Gasteiger partial charge in [0.05, 0.1) is 28.9 Å². The number of amides is 1. The predicted octanol–water partition coefficient (Wildman–Crippen LogP) is 5.85. The number of aryl methyl sites for hydroxylation is 1.